The van der Waals surface area contributed by atoms with Crippen molar-refractivity contribution in [3.05, 3.63) is 0 Å². The molecule has 0 nitrogen and oxygen atoms in total. The molecular weight excluding hydrogens is 92.2 g/mol. The van der Waals surface area contributed by atoms with Crippen molar-refractivity contribution < 1.29 is 0 Å². The highest BCUT2D eigenvalue weighted by Gasteiger charge is 1.68. The maximum absolute atomic E-state index is 1.52. The average Bonchev–Trinajstić information content (AvgIpc) is 1.41. The van der Waals surface area contributed by atoms with Crippen molar-refractivity contribution in [3.63, 3.8) is 0 Å². The van der Waals surface area contributed by atoms with Crippen LogP contribution in [0.15, 0.2) is 0 Å². The van der Waals surface area contributed by atoms with Gasteiger partial charge in [0, 0.05) is 20.5 Å². The molecule has 0 saturated carbocycles. The van der Waals surface area contributed by atoms with E-state index in [1.54, 1.807) is 0 Å². The molecule has 0 aliphatic rings. The Morgan fingerprint density at radius 3 is 1.40 bits per heavy atom. The molecule has 0 bridgehead atoms. The molecule has 0 aromatic heterocycles. The van der Waals surface area contributed by atoms with Crippen LogP contribution < -0.4 is 0 Å². The summed E-state index contributed by atoms with van der Waals surface area (Å²) in [6, 6.07) is 3.03. The van der Waals surface area contributed by atoms with Crippen molar-refractivity contribution in [3.8, 4) is 0 Å². The highest BCUT2D eigenvalue weighted by Crippen LogP contribution is 1.84. The Morgan fingerprint density at radius 1 is 1.00 bits per heavy atom. The fraction of sp³-hybridized carbons (Fsp3) is 1.00. The molecule has 0 unspecified atom stereocenters. The molecule has 0 atom stereocenters. The first-order valence-electron chi connectivity index (χ1n) is 2.41. The lowest BCUT2D eigenvalue weighted by molar-refractivity contribution is 1.08. The monoisotopic (exact) mass is 104 g/mol. The quantitative estimate of drug-likeness (QED) is 0.392. The van der Waals surface area contributed by atoms with Gasteiger partial charge in [-0.05, 0) is 0 Å². The van der Waals surface area contributed by atoms with Crippen LogP contribution in [-0.2, 0) is 0 Å². The average molecular weight is 104 g/mol. The topological polar surface area (TPSA) is 0 Å². The van der Waals surface area contributed by atoms with E-state index in [0.717, 1.165) is 0 Å². The van der Waals surface area contributed by atoms with E-state index in [9.17, 15) is 0 Å². The zero-order valence-corrected chi connectivity index (χ0v) is 8.12. The van der Waals surface area contributed by atoms with Crippen LogP contribution in [0.25, 0.3) is 0 Å². The Morgan fingerprint density at radius 2 is 1.40 bits per heavy atom. The summed E-state index contributed by atoms with van der Waals surface area (Å²) in [7, 11) is 2.84. The van der Waals surface area contributed by atoms with Gasteiger partial charge in [-0.1, -0.05) is 18.5 Å². The lowest BCUT2D eigenvalue weighted by atomic mass is 10.6. The summed E-state index contributed by atoms with van der Waals surface area (Å²) >= 11 is 0. The fourth-order valence-corrected chi connectivity index (χ4v) is 3.18. The van der Waals surface area contributed by atoms with Crippen LogP contribution in [0.5, 0.6) is 0 Å². The van der Waals surface area contributed by atoms with Gasteiger partial charge in [-0.2, -0.15) is 0 Å². The molecule has 0 aliphatic heterocycles. The van der Waals surface area contributed by atoms with Crippen molar-refractivity contribution in [2.45, 2.75) is 18.5 Å². The van der Waals surface area contributed by atoms with Gasteiger partial charge in [-0.25, -0.2) is 0 Å². The molecule has 0 aromatic carbocycles. The Balaban J connectivity index is 2.19. The van der Waals surface area contributed by atoms with E-state index in [1.807, 2.05) is 0 Å². The molecule has 0 amide bonds. The summed E-state index contributed by atoms with van der Waals surface area (Å²) in [4.78, 5) is 0. The van der Waals surface area contributed by atoms with E-state index in [0.29, 0.717) is 0 Å². The summed E-state index contributed by atoms with van der Waals surface area (Å²) < 4.78 is 0. The first-order chi connectivity index (χ1) is 2.41. The fourth-order valence-electron chi connectivity index (χ4n) is 0.354. The Labute approximate surface area is 39.8 Å². The van der Waals surface area contributed by atoms with Crippen molar-refractivity contribution in [1.82, 2.24) is 0 Å². The summed E-state index contributed by atoms with van der Waals surface area (Å²) in [5.74, 6) is 0. The number of rotatable bonds is 2. The smallest absolute Gasteiger partial charge is 0.00278 e. The van der Waals surface area contributed by atoms with Gasteiger partial charge in [-0.15, -0.1) is 0 Å². The second-order valence-electron chi connectivity index (χ2n) is 1.35. The first-order valence-corrected chi connectivity index (χ1v) is 5.24. The van der Waals surface area contributed by atoms with E-state index in [4.69, 9.17) is 0 Å². The van der Waals surface area contributed by atoms with Gasteiger partial charge in [0.25, 0.3) is 0 Å². The van der Waals surface area contributed by atoms with E-state index in [-0.39, 0.29) is 0 Å². The Kier molecular flexibility index (Phi) is 4.82. The zero-order chi connectivity index (χ0) is 4.12. The second kappa shape index (κ2) is 4.43. The van der Waals surface area contributed by atoms with E-state index in [1.165, 1.54) is 39.0 Å². The van der Waals surface area contributed by atoms with Gasteiger partial charge in [0.15, 0.2) is 0 Å². The lowest BCUT2D eigenvalue weighted by Gasteiger charge is -1.78. The van der Waals surface area contributed by atoms with Crippen LogP contribution in [0.1, 0.15) is 6.42 Å². The Bertz CT molecular complexity index is 12.4. The Hall–Kier alpha value is 0.434. The molecule has 0 spiro atoms. The maximum atomic E-state index is 1.52. The predicted octanol–water partition coefficient (Wildman–Crippen LogP) is -1.06. The summed E-state index contributed by atoms with van der Waals surface area (Å²) in [5.41, 5.74) is 0. The van der Waals surface area contributed by atoms with Crippen molar-refractivity contribution in [2.75, 3.05) is 0 Å². The minimum absolute atomic E-state index is 1.42. The van der Waals surface area contributed by atoms with Crippen LogP contribution in [0.4, 0.5) is 0 Å². The molecule has 0 rings (SSSR count). The van der Waals surface area contributed by atoms with E-state index >= 15 is 0 Å². The van der Waals surface area contributed by atoms with E-state index in [2.05, 4.69) is 0 Å². The van der Waals surface area contributed by atoms with Crippen molar-refractivity contribution in [2.24, 2.45) is 0 Å². The standard InChI is InChI=1S/C3H12Si2/c4-2-1-3-5/h1-3H2,4-5H3. The van der Waals surface area contributed by atoms with Crippen LogP contribution in [0.3, 0.4) is 0 Å². The van der Waals surface area contributed by atoms with Crippen LogP contribution >= 0.6 is 0 Å². The van der Waals surface area contributed by atoms with Gasteiger partial charge < -0.3 is 0 Å². The third-order valence-electron chi connectivity index (χ3n) is 0.707. The van der Waals surface area contributed by atoms with Crippen LogP contribution in [-0.4, -0.2) is 20.5 Å². The van der Waals surface area contributed by atoms with Crippen LogP contribution in [0.2, 0.25) is 12.1 Å². The molecule has 0 aromatic rings. The van der Waals surface area contributed by atoms with Crippen molar-refractivity contribution in [1.29, 1.82) is 0 Å². The normalized spacial score (nSPS) is 9.60. The zero-order valence-electron chi connectivity index (χ0n) is 4.12. The lowest BCUT2D eigenvalue weighted by Crippen LogP contribution is -1.67. The third-order valence-corrected chi connectivity index (χ3v) is 2.12. The molecule has 0 saturated heterocycles. The van der Waals surface area contributed by atoms with Gasteiger partial charge >= 0.3 is 0 Å². The highest BCUT2D eigenvalue weighted by molar-refractivity contribution is 6.11. The van der Waals surface area contributed by atoms with Gasteiger partial charge in [0.1, 0.15) is 0 Å². The second-order valence-corrected chi connectivity index (χ2v) is 3.35. The summed E-state index contributed by atoms with van der Waals surface area (Å²) in [5, 5.41) is 0. The number of hydrogen-bond acceptors (Lipinski definition) is 0. The molecule has 2 heteroatoms. The minimum Gasteiger partial charge on any atom is -0.0661 e. The summed E-state index contributed by atoms with van der Waals surface area (Å²) in [6.45, 7) is 0. The van der Waals surface area contributed by atoms with E-state index < -0.39 is 0 Å². The molecule has 5 heavy (non-hydrogen) atoms. The number of hydrogen-bond donors (Lipinski definition) is 0. The highest BCUT2D eigenvalue weighted by atomic mass is 28.1. The molecule has 32 valence electrons. The molecule has 0 radical (unpaired) electrons. The minimum atomic E-state index is 1.42. The molecule has 0 fully saturated rings. The third kappa shape index (κ3) is 4.43. The SMILES string of the molecule is [SiH3]CCC[SiH3]. The van der Waals surface area contributed by atoms with Crippen LogP contribution in [0, 0.1) is 0 Å². The largest absolute Gasteiger partial charge is 0.0661 e. The maximum Gasteiger partial charge on any atom is 0.00278 e. The molecule has 0 N–H and O–H groups in total. The predicted molar refractivity (Wildman–Crippen MR) is 34.1 cm³/mol. The van der Waals surface area contributed by atoms with Gasteiger partial charge in [0.2, 0.25) is 0 Å². The van der Waals surface area contributed by atoms with Gasteiger partial charge in [0.05, 0.1) is 0 Å². The first kappa shape index (κ1) is 5.43. The molecule has 0 aliphatic carbocycles. The van der Waals surface area contributed by atoms with Gasteiger partial charge in [-0.3, -0.25) is 0 Å². The molecular formula is C3H12Si2. The van der Waals surface area contributed by atoms with Crippen molar-refractivity contribution >= 4 is 20.5 Å². The molecule has 0 heterocycles. The summed E-state index contributed by atoms with van der Waals surface area (Å²) in [6.07, 6.45) is 1.51.